The molecule has 112 valence electrons. The van der Waals surface area contributed by atoms with E-state index in [0.29, 0.717) is 28.9 Å². The van der Waals surface area contributed by atoms with E-state index < -0.39 is 0 Å². The SMILES string of the molecule is Clc1ccc(OCCNc2ncnc3ccccc23)c(Cl)c1. The van der Waals surface area contributed by atoms with Crippen LogP contribution in [0.2, 0.25) is 10.0 Å². The molecular weight excluding hydrogens is 321 g/mol. The van der Waals surface area contributed by atoms with E-state index in [-0.39, 0.29) is 0 Å². The van der Waals surface area contributed by atoms with Gasteiger partial charge < -0.3 is 10.1 Å². The number of nitrogens with one attached hydrogen (secondary N) is 1. The molecule has 0 atom stereocenters. The third-order valence-corrected chi connectivity index (χ3v) is 3.62. The third kappa shape index (κ3) is 3.40. The van der Waals surface area contributed by atoms with Crippen molar-refractivity contribution >= 4 is 39.9 Å². The van der Waals surface area contributed by atoms with Gasteiger partial charge in [-0.3, -0.25) is 0 Å². The second-order valence-electron chi connectivity index (χ2n) is 4.59. The maximum absolute atomic E-state index is 6.05. The minimum absolute atomic E-state index is 0.458. The van der Waals surface area contributed by atoms with Gasteiger partial charge >= 0.3 is 0 Å². The number of ether oxygens (including phenoxy) is 1. The maximum Gasteiger partial charge on any atom is 0.138 e. The Bertz CT molecular complexity index is 790. The highest BCUT2D eigenvalue weighted by atomic mass is 35.5. The van der Waals surface area contributed by atoms with Crippen LogP contribution in [0.4, 0.5) is 5.82 Å². The van der Waals surface area contributed by atoms with E-state index in [9.17, 15) is 0 Å². The molecule has 22 heavy (non-hydrogen) atoms. The first-order valence-corrected chi connectivity index (χ1v) is 7.51. The fraction of sp³-hybridized carbons (Fsp3) is 0.125. The number of anilines is 1. The van der Waals surface area contributed by atoms with Crippen LogP contribution in [-0.4, -0.2) is 23.1 Å². The van der Waals surface area contributed by atoms with Crippen molar-refractivity contribution in [2.75, 3.05) is 18.5 Å². The smallest absolute Gasteiger partial charge is 0.138 e. The Labute approximate surface area is 138 Å². The lowest BCUT2D eigenvalue weighted by molar-refractivity contribution is 0.333. The van der Waals surface area contributed by atoms with E-state index in [1.165, 1.54) is 0 Å². The van der Waals surface area contributed by atoms with E-state index in [1.807, 2.05) is 24.3 Å². The molecule has 0 aliphatic heterocycles. The summed E-state index contributed by atoms with van der Waals surface area (Å²) in [6.07, 6.45) is 1.54. The van der Waals surface area contributed by atoms with Crippen molar-refractivity contribution in [2.45, 2.75) is 0 Å². The lowest BCUT2D eigenvalue weighted by Gasteiger charge is -2.10. The van der Waals surface area contributed by atoms with Gasteiger partial charge in [-0.05, 0) is 30.3 Å². The van der Waals surface area contributed by atoms with Gasteiger partial charge in [0.1, 0.15) is 24.5 Å². The van der Waals surface area contributed by atoms with Crippen LogP contribution in [0, 0.1) is 0 Å². The zero-order valence-corrected chi connectivity index (χ0v) is 13.1. The van der Waals surface area contributed by atoms with Crippen LogP contribution >= 0.6 is 23.2 Å². The second-order valence-corrected chi connectivity index (χ2v) is 5.43. The van der Waals surface area contributed by atoms with E-state index >= 15 is 0 Å². The summed E-state index contributed by atoms with van der Waals surface area (Å²) in [5, 5.41) is 5.31. The predicted octanol–water partition coefficient (Wildman–Crippen LogP) is 4.43. The average molecular weight is 334 g/mol. The van der Waals surface area contributed by atoms with Crippen molar-refractivity contribution in [3.05, 3.63) is 58.8 Å². The van der Waals surface area contributed by atoms with E-state index in [4.69, 9.17) is 27.9 Å². The Morgan fingerprint density at radius 3 is 2.77 bits per heavy atom. The molecule has 0 spiro atoms. The van der Waals surface area contributed by atoms with Gasteiger partial charge in [0, 0.05) is 10.4 Å². The number of rotatable bonds is 5. The second kappa shape index (κ2) is 6.81. The average Bonchev–Trinajstić information content (AvgIpc) is 2.53. The summed E-state index contributed by atoms with van der Waals surface area (Å²) in [5.41, 5.74) is 0.904. The minimum Gasteiger partial charge on any atom is -0.490 e. The van der Waals surface area contributed by atoms with Crippen LogP contribution in [0.15, 0.2) is 48.8 Å². The van der Waals surface area contributed by atoms with E-state index in [1.54, 1.807) is 24.5 Å². The zero-order valence-electron chi connectivity index (χ0n) is 11.6. The number of aromatic nitrogens is 2. The van der Waals surface area contributed by atoms with E-state index in [0.717, 1.165) is 16.7 Å². The summed E-state index contributed by atoms with van der Waals surface area (Å²) in [7, 11) is 0. The molecule has 1 heterocycles. The normalized spacial score (nSPS) is 10.6. The first-order valence-electron chi connectivity index (χ1n) is 6.75. The van der Waals surface area contributed by atoms with Gasteiger partial charge in [0.25, 0.3) is 0 Å². The fourth-order valence-corrected chi connectivity index (χ4v) is 2.53. The molecule has 0 fully saturated rings. The molecule has 0 amide bonds. The Morgan fingerprint density at radius 2 is 1.91 bits per heavy atom. The van der Waals surface area contributed by atoms with Gasteiger partial charge in [0.15, 0.2) is 0 Å². The van der Waals surface area contributed by atoms with Crippen LogP contribution in [0.5, 0.6) is 5.75 Å². The molecule has 0 unspecified atom stereocenters. The van der Waals surface area contributed by atoms with Crippen LogP contribution in [0.25, 0.3) is 10.9 Å². The van der Waals surface area contributed by atoms with Crippen LogP contribution < -0.4 is 10.1 Å². The van der Waals surface area contributed by atoms with Crippen molar-refractivity contribution in [1.82, 2.24) is 9.97 Å². The lowest BCUT2D eigenvalue weighted by atomic mass is 10.2. The molecule has 0 saturated carbocycles. The highest BCUT2D eigenvalue weighted by molar-refractivity contribution is 6.35. The number of nitrogens with zero attached hydrogens (tertiary/aromatic N) is 2. The molecule has 6 heteroatoms. The minimum atomic E-state index is 0.458. The van der Waals surface area contributed by atoms with E-state index in [2.05, 4.69) is 15.3 Å². The van der Waals surface area contributed by atoms with Crippen molar-refractivity contribution < 1.29 is 4.74 Å². The molecule has 0 radical (unpaired) electrons. The molecule has 0 aliphatic carbocycles. The first kappa shape index (κ1) is 14.9. The van der Waals surface area contributed by atoms with Gasteiger partial charge in [-0.2, -0.15) is 0 Å². The molecule has 0 aliphatic rings. The number of para-hydroxylation sites is 1. The zero-order chi connectivity index (χ0) is 15.4. The van der Waals surface area contributed by atoms with Gasteiger partial charge in [-0.1, -0.05) is 35.3 Å². The van der Waals surface area contributed by atoms with Gasteiger partial charge in [-0.25, -0.2) is 9.97 Å². The van der Waals surface area contributed by atoms with Gasteiger partial charge in [0.05, 0.1) is 17.1 Å². The summed E-state index contributed by atoms with van der Waals surface area (Å²) in [6.45, 7) is 1.06. The molecular formula is C16H13Cl2N3O. The fourth-order valence-electron chi connectivity index (χ4n) is 2.07. The summed E-state index contributed by atoms with van der Waals surface area (Å²) < 4.78 is 5.63. The quantitative estimate of drug-likeness (QED) is 0.701. The number of halogens is 2. The summed E-state index contributed by atoms with van der Waals surface area (Å²) in [5.74, 6) is 1.40. The standard InChI is InChI=1S/C16H13Cl2N3O/c17-11-5-6-15(13(18)9-11)22-8-7-19-16-12-3-1-2-4-14(12)20-10-21-16/h1-6,9-10H,7-8H2,(H,19,20,21). The molecule has 1 N–H and O–H groups in total. The Morgan fingerprint density at radius 1 is 1.05 bits per heavy atom. The van der Waals surface area contributed by atoms with Crippen molar-refractivity contribution in [1.29, 1.82) is 0 Å². The molecule has 0 bridgehead atoms. The number of hydrogen-bond acceptors (Lipinski definition) is 4. The molecule has 4 nitrogen and oxygen atoms in total. The van der Waals surface area contributed by atoms with Crippen LogP contribution in [0.1, 0.15) is 0 Å². The van der Waals surface area contributed by atoms with Gasteiger partial charge in [-0.15, -0.1) is 0 Å². The maximum atomic E-state index is 6.05. The monoisotopic (exact) mass is 333 g/mol. The molecule has 0 saturated heterocycles. The highest BCUT2D eigenvalue weighted by Gasteiger charge is 2.04. The molecule has 3 rings (SSSR count). The largest absolute Gasteiger partial charge is 0.490 e. The number of fused-ring (bicyclic) bond motifs is 1. The third-order valence-electron chi connectivity index (χ3n) is 3.09. The number of benzene rings is 2. The Hall–Kier alpha value is -2.04. The summed E-state index contributed by atoms with van der Waals surface area (Å²) in [4.78, 5) is 8.48. The van der Waals surface area contributed by atoms with Gasteiger partial charge in [0.2, 0.25) is 0 Å². The Balaban J connectivity index is 1.61. The Kier molecular flexibility index (Phi) is 4.61. The predicted molar refractivity (Wildman–Crippen MR) is 90.0 cm³/mol. The lowest BCUT2D eigenvalue weighted by Crippen LogP contribution is -2.12. The van der Waals surface area contributed by atoms with Crippen LogP contribution in [-0.2, 0) is 0 Å². The molecule has 1 aromatic heterocycles. The summed E-state index contributed by atoms with van der Waals surface area (Å²) >= 11 is 11.9. The van der Waals surface area contributed by atoms with Crippen molar-refractivity contribution in [3.8, 4) is 5.75 Å². The number of hydrogen-bond donors (Lipinski definition) is 1. The highest BCUT2D eigenvalue weighted by Crippen LogP contribution is 2.27. The first-order chi connectivity index (χ1) is 10.7. The van der Waals surface area contributed by atoms with Crippen LogP contribution in [0.3, 0.4) is 0 Å². The molecule has 2 aromatic carbocycles. The van der Waals surface area contributed by atoms with Crippen molar-refractivity contribution in [3.63, 3.8) is 0 Å². The topological polar surface area (TPSA) is 47.0 Å². The van der Waals surface area contributed by atoms with Crippen molar-refractivity contribution in [2.24, 2.45) is 0 Å². The summed E-state index contributed by atoms with van der Waals surface area (Å²) in [6, 6.07) is 13.0. The molecule has 3 aromatic rings.